The topological polar surface area (TPSA) is 78.7 Å². The van der Waals surface area contributed by atoms with Gasteiger partial charge in [0.05, 0.1) is 18.2 Å². The highest BCUT2D eigenvalue weighted by Crippen LogP contribution is 2.15. The SMILES string of the molecule is CCNC(=O)C(C)(C)CN=C(NCCc1ccco1)NCCc1cccs1. The smallest absolute Gasteiger partial charge is 0.227 e. The quantitative estimate of drug-likeness (QED) is 0.431. The molecule has 0 aliphatic carbocycles. The Morgan fingerprint density at radius 1 is 1.15 bits per heavy atom. The van der Waals surface area contributed by atoms with Crippen LogP contribution < -0.4 is 16.0 Å². The molecule has 2 aromatic heterocycles. The van der Waals surface area contributed by atoms with Crippen molar-refractivity contribution in [2.75, 3.05) is 26.2 Å². The summed E-state index contributed by atoms with van der Waals surface area (Å²) in [6.45, 7) is 8.27. The number of guanidine groups is 1. The van der Waals surface area contributed by atoms with Crippen molar-refractivity contribution in [1.29, 1.82) is 0 Å². The molecule has 3 N–H and O–H groups in total. The monoisotopic (exact) mass is 390 g/mol. The van der Waals surface area contributed by atoms with Gasteiger partial charge in [0, 0.05) is 30.9 Å². The average molecular weight is 391 g/mol. The normalized spacial score (nSPS) is 12.0. The second kappa shape index (κ2) is 10.8. The van der Waals surface area contributed by atoms with Gasteiger partial charge < -0.3 is 20.4 Å². The van der Waals surface area contributed by atoms with E-state index in [0.717, 1.165) is 31.1 Å². The maximum atomic E-state index is 12.2. The van der Waals surface area contributed by atoms with E-state index in [1.54, 1.807) is 17.6 Å². The van der Waals surface area contributed by atoms with Gasteiger partial charge in [-0.05, 0) is 50.8 Å². The van der Waals surface area contributed by atoms with Crippen molar-refractivity contribution in [2.24, 2.45) is 10.4 Å². The zero-order valence-electron chi connectivity index (χ0n) is 16.4. The van der Waals surface area contributed by atoms with Gasteiger partial charge in [-0.1, -0.05) is 6.07 Å². The molecule has 2 heterocycles. The minimum absolute atomic E-state index is 0.0160. The molecule has 2 aromatic rings. The Kier molecular flexibility index (Phi) is 8.39. The summed E-state index contributed by atoms with van der Waals surface area (Å²) in [6.07, 6.45) is 3.40. The third-order valence-corrected chi connectivity index (χ3v) is 5.01. The third kappa shape index (κ3) is 7.46. The van der Waals surface area contributed by atoms with Crippen LogP contribution in [0.15, 0.2) is 45.3 Å². The van der Waals surface area contributed by atoms with Crippen molar-refractivity contribution in [1.82, 2.24) is 16.0 Å². The summed E-state index contributed by atoms with van der Waals surface area (Å²) in [4.78, 5) is 18.2. The predicted molar refractivity (Wildman–Crippen MR) is 111 cm³/mol. The lowest BCUT2D eigenvalue weighted by Gasteiger charge is -2.22. The molecule has 0 radical (unpaired) electrons. The first-order chi connectivity index (χ1) is 13.0. The van der Waals surface area contributed by atoms with Crippen LogP contribution in [0.5, 0.6) is 0 Å². The number of rotatable bonds is 10. The van der Waals surface area contributed by atoms with E-state index in [9.17, 15) is 4.79 Å². The molecule has 0 aromatic carbocycles. The lowest BCUT2D eigenvalue weighted by atomic mass is 9.92. The van der Waals surface area contributed by atoms with Gasteiger partial charge in [0.2, 0.25) is 5.91 Å². The minimum atomic E-state index is -0.556. The van der Waals surface area contributed by atoms with E-state index in [1.807, 2.05) is 32.9 Å². The summed E-state index contributed by atoms with van der Waals surface area (Å²) in [5.74, 6) is 1.67. The van der Waals surface area contributed by atoms with Crippen molar-refractivity contribution >= 4 is 23.2 Å². The lowest BCUT2D eigenvalue weighted by Crippen LogP contribution is -2.42. The molecule has 2 rings (SSSR count). The van der Waals surface area contributed by atoms with Gasteiger partial charge in [0.1, 0.15) is 5.76 Å². The van der Waals surface area contributed by atoms with Crippen LogP contribution in [0.1, 0.15) is 31.4 Å². The fourth-order valence-corrected chi connectivity index (χ4v) is 3.15. The number of carbonyl (C=O) groups excluding carboxylic acids is 1. The maximum absolute atomic E-state index is 12.2. The van der Waals surface area contributed by atoms with Crippen LogP contribution >= 0.6 is 11.3 Å². The molecular formula is C20H30N4O2S. The van der Waals surface area contributed by atoms with E-state index in [-0.39, 0.29) is 5.91 Å². The van der Waals surface area contributed by atoms with Crippen LogP contribution in [0.25, 0.3) is 0 Å². The Morgan fingerprint density at radius 2 is 1.93 bits per heavy atom. The summed E-state index contributed by atoms with van der Waals surface area (Å²) < 4.78 is 5.37. The molecule has 1 amide bonds. The van der Waals surface area contributed by atoms with Crippen molar-refractivity contribution in [3.8, 4) is 0 Å². The van der Waals surface area contributed by atoms with Crippen molar-refractivity contribution in [3.63, 3.8) is 0 Å². The third-order valence-electron chi connectivity index (χ3n) is 4.07. The standard InChI is InChI=1S/C20H30N4O2S/c1-4-21-18(25)20(2,3)15-24-19(22-11-9-16-7-5-13-26-16)23-12-10-17-8-6-14-27-17/h5-8,13-14H,4,9-12,15H2,1-3H3,(H,21,25)(H2,22,23,24). The van der Waals surface area contributed by atoms with Crippen LogP contribution in [0, 0.1) is 5.41 Å². The molecule has 0 fully saturated rings. The number of nitrogens with zero attached hydrogens (tertiary/aromatic N) is 1. The Hall–Kier alpha value is -2.28. The van der Waals surface area contributed by atoms with Gasteiger partial charge in [0.25, 0.3) is 0 Å². The van der Waals surface area contributed by atoms with E-state index in [0.29, 0.717) is 19.6 Å². The van der Waals surface area contributed by atoms with Gasteiger partial charge in [-0.25, -0.2) is 0 Å². The highest BCUT2D eigenvalue weighted by molar-refractivity contribution is 7.09. The zero-order chi connectivity index (χ0) is 19.5. The Balaban J connectivity index is 1.90. The minimum Gasteiger partial charge on any atom is -0.469 e. The molecule has 0 unspecified atom stereocenters. The van der Waals surface area contributed by atoms with E-state index in [4.69, 9.17) is 4.42 Å². The van der Waals surface area contributed by atoms with Crippen LogP contribution in [0.4, 0.5) is 0 Å². The number of carbonyl (C=O) groups is 1. The first-order valence-electron chi connectivity index (χ1n) is 9.36. The maximum Gasteiger partial charge on any atom is 0.227 e. The molecule has 0 saturated carbocycles. The molecule has 7 heteroatoms. The van der Waals surface area contributed by atoms with E-state index >= 15 is 0 Å². The van der Waals surface area contributed by atoms with Gasteiger partial charge >= 0.3 is 0 Å². The molecule has 6 nitrogen and oxygen atoms in total. The number of nitrogens with one attached hydrogen (secondary N) is 3. The van der Waals surface area contributed by atoms with Crippen LogP contribution in [0.3, 0.4) is 0 Å². The van der Waals surface area contributed by atoms with E-state index < -0.39 is 5.41 Å². The summed E-state index contributed by atoms with van der Waals surface area (Å²) >= 11 is 1.75. The average Bonchev–Trinajstić information content (AvgIpc) is 3.33. The van der Waals surface area contributed by atoms with Crippen molar-refractivity contribution in [2.45, 2.75) is 33.6 Å². The Bertz CT molecular complexity index is 651. The fraction of sp³-hybridized carbons (Fsp3) is 0.500. The summed E-state index contributed by atoms with van der Waals surface area (Å²) in [6, 6.07) is 8.04. The Morgan fingerprint density at radius 3 is 2.56 bits per heavy atom. The molecule has 0 spiro atoms. The molecule has 148 valence electrons. The van der Waals surface area contributed by atoms with E-state index in [1.165, 1.54) is 4.88 Å². The van der Waals surface area contributed by atoms with Crippen LogP contribution in [-0.2, 0) is 17.6 Å². The first kappa shape index (κ1) is 21.0. The molecule has 0 atom stereocenters. The van der Waals surface area contributed by atoms with Gasteiger partial charge in [-0.3, -0.25) is 9.79 Å². The molecule has 0 aliphatic rings. The van der Waals surface area contributed by atoms with Gasteiger partial charge in [0.15, 0.2) is 5.96 Å². The van der Waals surface area contributed by atoms with Crippen LogP contribution in [0.2, 0.25) is 0 Å². The summed E-state index contributed by atoms with van der Waals surface area (Å²) in [5.41, 5.74) is -0.556. The first-order valence-corrected chi connectivity index (χ1v) is 10.2. The van der Waals surface area contributed by atoms with Crippen LogP contribution in [-0.4, -0.2) is 38.0 Å². The highest BCUT2D eigenvalue weighted by Gasteiger charge is 2.26. The predicted octanol–water partition coefficient (Wildman–Crippen LogP) is 2.82. The highest BCUT2D eigenvalue weighted by atomic mass is 32.1. The number of hydrogen-bond donors (Lipinski definition) is 3. The lowest BCUT2D eigenvalue weighted by molar-refractivity contribution is -0.128. The molecule has 0 saturated heterocycles. The molecular weight excluding hydrogens is 360 g/mol. The van der Waals surface area contributed by atoms with Gasteiger partial charge in [-0.15, -0.1) is 11.3 Å². The molecule has 0 aliphatic heterocycles. The zero-order valence-corrected chi connectivity index (χ0v) is 17.2. The number of thiophene rings is 1. The molecule has 27 heavy (non-hydrogen) atoms. The number of aliphatic imine (C=N–C) groups is 1. The number of furan rings is 1. The second-order valence-electron chi connectivity index (χ2n) is 6.92. The molecule has 0 bridgehead atoms. The number of hydrogen-bond acceptors (Lipinski definition) is 4. The van der Waals surface area contributed by atoms with E-state index in [2.05, 4.69) is 38.5 Å². The number of amides is 1. The fourth-order valence-electron chi connectivity index (χ4n) is 2.44. The van der Waals surface area contributed by atoms with Gasteiger partial charge in [-0.2, -0.15) is 0 Å². The second-order valence-corrected chi connectivity index (χ2v) is 7.95. The summed E-state index contributed by atoms with van der Waals surface area (Å²) in [7, 11) is 0. The summed E-state index contributed by atoms with van der Waals surface area (Å²) in [5, 5.41) is 11.7. The largest absolute Gasteiger partial charge is 0.469 e. The van der Waals surface area contributed by atoms with Crippen molar-refractivity contribution in [3.05, 3.63) is 46.5 Å². The van der Waals surface area contributed by atoms with Crippen molar-refractivity contribution < 1.29 is 9.21 Å². The Labute approximate surface area is 165 Å².